The topological polar surface area (TPSA) is 128 Å². The Morgan fingerprint density at radius 1 is 0.397 bits per heavy atom. The van der Waals surface area contributed by atoms with E-state index in [1.807, 2.05) is 48.5 Å². The molecule has 12 nitrogen and oxygen atoms in total. The van der Waals surface area contributed by atoms with Crippen LogP contribution in [0.2, 0.25) is 0 Å². The number of hydrogen-bond acceptors (Lipinski definition) is 12. The van der Waals surface area contributed by atoms with Crippen molar-refractivity contribution in [1.82, 2.24) is 9.80 Å². The zero-order valence-corrected chi connectivity index (χ0v) is 43.0. The first-order valence-corrected chi connectivity index (χ1v) is 24.0. The molecule has 2 atom stereocenters. The fourth-order valence-electron chi connectivity index (χ4n) is 9.41. The summed E-state index contributed by atoms with van der Waals surface area (Å²) in [6.07, 6.45) is 6.80. The normalized spacial score (nSPS) is 13.1. The molecule has 0 aliphatic heterocycles. The van der Waals surface area contributed by atoms with E-state index in [0.29, 0.717) is 47.3 Å². The Labute approximate surface area is 407 Å². The van der Waals surface area contributed by atoms with Crippen LogP contribution in [0, 0.1) is 34.5 Å². The Bertz CT molecular complexity index is 2100. The van der Waals surface area contributed by atoms with Crippen LogP contribution in [0.25, 0.3) is 0 Å². The van der Waals surface area contributed by atoms with E-state index >= 15 is 0 Å². The third-order valence-corrected chi connectivity index (χ3v) is 13.8. The molecule has 0 aliphatic carbocycles. The standard InChI is InChI=1S/C56H78N4O8/c1-41(2)55(39-57,45-19-23-49(63-7)53(37-45)67-11)27-15-31-59(33-25-43-17-21-47(61-5)51(35-43)65-9)29-13-14-30-60(34-26-44-18-22-48(62-6)52(36-44)66-10)32-16-28-56(40-58,42(3)4)46-20-24-50(64-8)54(38-46)68-12/h17-24,35-38,41-42H,13-16,25-34H2,1-12H3. The summed E-state index contributed by atoms with van der Waals surface area (Å²) in [5.74, 6) is 5.57. The van der Waals surface area contributed by atoms with Crippen molar-refractivity contribution in [3.63, 3.8) is 0 Å². The molecule has 0 saturated heterocycles. The lowest BCUT2D eigenvalue weighted by Gasteiger charge is -2.33. The molecular weight excluding hydrogens is 857 g/mol. The molecule has 4 rings (SSSR count). The number of methoxy groups -OCH3 is 8. The molecule has 370 valence electrons. The van der Waals surface area contributed by atoms with Gasteiger partial charge in [0.15, 0.2) is 46.0 Å². The van der Waals surface area contributed by atoms with Crippen LogP contribution in [0.5, 0.6) is 46.0 Å². The Morgan fingerprint density at radius 2 is 0.691 bits per heavy atom. The maximum Gasteiger partial charge on any atom is 0.161 e. The van der Waals surface area contributed by atoms with E-state index in [-0.39, 0.29) is 11.8 Å². The highest BCUT2D eigenvalue weighted by Crippen LogP contribution is 2.42. The Balaban J connectivity index is 1.54. The number of hydrogen-bond donors (Lipinski definition) is 0. The van der Waals surface area contributed by atoms with Crippen LogP contribution in [0.15, 0.2) is 72.8 Å². The van der Waals surface area contributed by atoms with Gasteiger partial charge in [0.1, 0.15) is 0 Å². The maximum atomic E-state index is 10.8. The third-order valence-electron chi connectivity index (χ3n) is 13.8. The van der Waals surface area contributed by atoms with E-state index < -0.39 is 10.8 Å². The molecule has 68 heavy (non-hydrogen) atoms. The molecule has 0 bridgehead atoms. The van der Waals surface area contributed by atoms with Gasteiger partial charge in [-0.3, -0.25) is 0 Å². The number of ether oxygens (including phenoxy) is 8. The van der Waals surface area contributed by atoms with Gasteiger partial charge in [0.05, 0.1) is 79.8 Å². The van der Waals surface area contributed by atoms with Gasteiger partial charge in [-0.2, -0.15) is 10.5 Å². The molecule has 0 spiro atoms. The van der Waals surface area contributed by atoms with Crippen molar-refractivity contribution in [2.75, 3.05) is 96.1 Å². The molecule has 4 aromatic carbocycles. The van der Waals surface area contributed by atoms with Crippen molar-refractivity contribution in [3.05, 3.63) is 95.1 Å². The summed E-state index contributed by atoms with van der Waals surface area (Å²) in [5.41, 5.74) is 2.86. The highest BCUT2D eigenvalue weighted by atomic mass is 16.5. The molecule has 4 aromatic rings. The number of unbranched alkanes of at least 4 members (excludes halogenated alkanes) is 1. The first-order valence-electron chi connectivity index (χ1n) is 24.0. The molecule has 0 aliphatic rings. The average Bonchev–Trinajstić information content (AvgIpc) is 3.37. The minimum absolute atomic E-state index is 0.0775. The fourth-order valence-corrected chi connectivity index (χ4v) is 9.41. The van der Waals surface area contributed by atoms with E-state index in [1.54, 1.807) is 56.9 Å². The van der Waals surface area contributed by atoms with Gasteiger partial charge in [-0.1, -0.05) is 52.0 Å². The lowest BCUT2D eigenvalue weighted by molar-refractivity contribution is 0.226. The van der Waals surface area contributed by atoms with E-state index in [9.17, 15) is 10.5 Å². The maximum absolute atomic E-state index is 10.8. The minimum Gasteiger partial charge on any atom is -0.493 e. The second kappa shape index (κ2) is 27.2. The Morgan fingerprint density at radius 3 is 0.985 bits per heavy atom. The first kappa shape index (κ1) is 54.8. The molecule has 0 saturated carbocycles. The van der Waals surface area contributed by atoms with Gasteiger partial charge < -0.3 is 47.7 Å². The van der Waals surface area contributed by atoms with Gasteiger partial charge in [-0.25, -0.2) is 0 Å². The van der Waals surface area contributed by atoms with Gasteiger partial charge >= 0.3 is 0 Å². The van der Waals surface area contributed by atoms with Crippen LogP contribution in [-0.2, 0) is 23.7 Å². The predicted octanol–water partition coefficient (Wildman–Crippen LogP) is 10.7. The van der Waals surface area contributed by atoms with Crippen molar-refractivity contribution in [2.45, 2.75) is 89.9 Å². The number of nitrogens with zero attached hydrogens (tertiary/aromatic N) is 4. The summed E-state index contributed by atoms with van der Waals surface area (Å²) >= 11 is 0. The SMILES string of the molecule is COc1ccc(CCN(CCCCN(CCCC(C#N)(c2ccc(OC)c(OC)c2)C(C)C)CCc2ccc(OC)c(OC)c2)CCCC(C#N)(c2ccc(OC)c(OC)c2)C(C)C)cc1OC. The van der Waals surface area contributed by atoms with Crippen molar-refractivity contribution >= 4 is 0 Å². The van der Waals surface area contributed by atoms with Crippen molar-refractivity contribution in [3.8, 4) is 58.1 Å². The van der Waals surface area contributed by atoms with Crippen LogP contribution in [0.1, 0.15) is 88.5 Å². The average molecular weight is 935 g/mol. The monoisotopic (exact) mass is 935 g/mol. The van der Waals surface area contributed by atoms with E-state index in [4.69, 9.17) is 37.9 Å². The van der Waals surface area contributed by atoms with Crippen molar-refractivity contribution in [1.29, 1.82) is 10.5 Å². The molecule has 0 aromatic heterocycles. The zero-order chi connectivity index (χ0) is 49.7. The second-order valence-corrected chi connectivity index (χ2v) is 18.1. The Hall–Kier alpha value is -5.82. The smallest absolute Gasteiger partial charge is 0.161 e. The molecule has 0 N–H and O–H groups in total. The van der Waals surface area contributed by atoms with Gasteiger partial charge in [0.2, 0.25) is 0 Å². The van der Waals surface area contributed by atoms with Gasteiger partial charge in [-0.05, 0) is 160 Å². The van der Waals surface area contributed by atoms with Crippen molar-refractivity contribution in [2.24, 2.45) is 11.8 Å². The summed E-state index contributed by atoms with van der Waals surface area (Å²) in [4.78, 5) is 5.10. The number of benzene rings is 4. The van der Waals surface area contributed by atoms with Crippen LogP contribution in [0.4, 0.5) is 0 Å². The third kappa shape index (κ3) is 13.9. The van der Waals surface area contributed by atoms with E-state index in [2.05, 4.69) is 73.9 Å². The number of rotatable bonds is 31. The van der Waals surface area contributed by atoms with Crippen LogP contribution < -0.4 is 37.9 Å². The predicted molar refractivity (Wildman–Crippen MR) is 270 cm³/mol. The molecule has 12 heteroatoms. The molecular formula is C56H78N4O8. The summed E-state index contributed by atoms with van der Waals surface area (Å²) in [5, 5.41) is 21.7. The molecule has 0 heterocycles. The summed E-state index contributed by atoms with van der Waals surface area (Å²) in [6.45, 7) is 13.8. The van der Waals surface area contributed by atoms with Crippen LogP contribution >= 0.6 is 0 Å². The lowest BCUT2D eigenvalue weighted by atomic mass is 9.69. The van der Waals surface area contributed by atoms with Gasteiger partial charge in [-0.15, -0.1) is 0 Å². The molecule has 0 amide bonds. The summed E-state index contributed by atoms with van der Waals surface area (Å²) in [7, 11) is 13.2. The molecule has 2 unspecified atom stereocenters. The Kier molecular flexibility index (Phi) is 21.9. The lowest BCUT2D eigenvalue weighted by Crippen LogP contribution is -2.35. The highest BCUT2D eigenvalue weighted by Gasteiger charge is 2.38. The quantitative estimate of drug-likeness (QED) is 0.0446. The van der Waals surface area contributed by atoms with Gasteiger partial charge in [0.25, 0.3) is 0 Å². The van der Waals surface area contributed by atoms with Crippen LogP contribution in [-0.4, -0.2) is 106 Å². The van der Waals surface area contributed by atoms with Gasteiger partial charge in [0, 0.05) is 13.1 Å². The molecule has 0 fully saturated rings. The zero-order valence-electron chi connectivity index (χ0n) is 43.0. The summed E-state index contributed by atoms with van der Waals surface area (Å²) in [6, 6.07) is 29.5. The molecule has 0 radical (unpaired) electrons. The minimum atomic E-state index is -0.693. The second-order valence-electron chi connectivity index (χ2n) is 18.1. The highest BCUT2D eigenvalue weighted by molar-refractivity contribution is 5.49. The van der Waals surface area contributed by atoms with Crippen molar-refractivity contribution < 1.29 is 37.9 Å². The fraction of sp³-hybridized carbons (Fsp3) is 0.536. The van der Waals surface area contributed by atoms with E-state index in [0.717, 1.165) is 100 Å². The first-order chi connectivity index (χ1) is 32.8. The summed E-state index contributed by atoms with van der Waals surface area (Å²) < 4.78 is 44.7. The largest absolute Gasteiger partial charge is 0.493 e. The number of nitriles is 2. The van der Waals surface area contributed by atoms with E-state index in [1.165, 1.54) is 11.1 Å². The van der Waals surface area contributed by atoms with Crippen LogP contribution in [0.3, 0.4) is 0 Å².